The first-order chi connectivity index (χ1) is 9.85. The minimum atomic E-state index is -2.59. The molecule has 1 unspecified atom stereocenters. The molecule has 2 aliphatic rings. The van der Waals surface area contributed by atoms with Gasteiger partial charge in [-0.1, -0.05) is 0 Å². The van der Waals surface area contributed by atoms with Gasteiger partial charge in [-0.2, -0.15) is 0 Å². The molecule has 1 saturated carbocycles. The van der Waals surface area contributed by atoms with Crippen molar-refractivity contribution in [3.05, 3.63) is 33.9 Å². The van der Waals surface area contributed by atoms with Crippen LogP contribution in [0.1, 0.15) is 18.4 Å². The summed E-state index contributed by atoms with van der Waals surface area (Å²) in [7, 11) is 0. The number of hydrogen-bond donors (Lipinski definition) is 0. The van der Waals surface area contributed by atoms with E-state index in [1.54, 1.807) is 25.3 Å². The number of benzene rings is 1. The van der Waals surface area contributed by atoms with E-state index < -0.39 is 10.8 Å². The molecule has 0 amide bonds. The lowest BCUT2D eigenvalue weighted by atomic mass is 9.77. The van der Waals surface area contributed by atoms with Gasteiger partial charge in [-0.15, -0.1) is 4.68 Å². The molecule has 0 saturated heterocycles. The lowest BCUT2D eigenvalue weighted by Crippen LogP contribution is -2.41. The predicted octanol–water partition coefficient (Wildman–Crippen LogP) is 3.41. The van der Waals surface area contributed by atoms with Gasteiger partial charge in [0, 0.05) is 29.4 Å². The van der Waals surface area contributed by atoms with Gasteiger partial charge in [0.1, 0.15) is 11.4 Å². The molecular formula is C13H13F2N4O2+. The number of halogens is 2. The second kappa shape index (κ2) is 4.64. The molecule has 6 nitrogen and oxygen atoms in total. The van der Waals surface area contributed by atoms with E-state index in [1.807, 2.05) is 0 Å². The van der Waals surface area contributed by atoms with E-state index in [1.165, 1.54) is 10.8 Å². The summed E-state index contributed by atoms with van der Waals surface area (Å²) in [5.74, 6) is -2.81. The van der Waals surface area contributed by atoms with Gasteiger partial charge in [-0.25, -0.2) is 8.78 Å². The molecule has 0 radical (unpaired) electrons. The highest BCUT2D eigenvalue weighted by Crippen LogP contribution is 2.45. The summed E-state index contributed by atoms with van der Waals surface area (Å²) in [4.78, 5) is 10.5. The van der Waals surface area contributed by atoms with Crippen LogP contribution in [0.3, 0.4) is 0 Å². The maximum Gasteiger partial charge on any atom is 0.276 e. The van der Waals surface area contributed by atoms with Crippen LogP contribution in [0, 0.1) is 23.0 Å². The van der Waals surface area contributed by atoms with Crippen LogP contribution in [0.2, 0.25) is 0 Å². The van der Waals surface area contributed by atoms with Gasteiger partial charge in [-0.3, -0.25) is 10.1 Å². The quantitative estimate of drug-likeness (QED) is 0.487. The van der Waals surface area contributed by atoms with Crippen LogP contribution in [0.4, 0.5) is 20.2 Å². The van der Waals surface area contributed by atoms with Crippen LogP contribution in [0.25, 0.3) is 0 Å². The zero-order chi connectivity index (χ0) is 15.2. The number of alkyl halides is 2. The average Bonchev–Trinajstić information content (AvgIpc) is 2.85. The highest BCUT2D eigenvalue weighted by Gasteiger charge is 2.52. The summed E-state index contributed by atoms with van der Waals surface area (Å²) < 4.78 is 27.2. The Bertz CT molecular complexity index is 664. The van der Waals surface area contributed by atoms with Crippen molar-refractivity contribution in [3.8, 4) is 0 Å². The van der Waals surface area contributed by atoms with Crippen LogP contribution >= 0.6 is 0 Å². The molecule has 3 rings (SSSR count). The van der Waals surface area contributed by atoms with Gasteiger partial charge in [0.15, 0.2) is 5.69 Å². The maximum atomic E-state index is 12.9. The van der Waals surface area contributed by atoms with Crippen molar-refractivity contribution in [1.29, 1.82) is 0 Å². The number of hydrogen-bond acceptors (Lipinski definition) is 4. The van der Waals surface area contributed by atoms with Crippen molar-refractivity contribution in [1.82, 2.24) is 0 Å². The molecule has 0 N–H and O–H groups in total. The Morgan fingerprint density at radius 1 is 1.43 bits per heavy atom. The Hall–Kier alpha value is -2.25. The molecule has 1 aliphatic heterocycles. The SMILES string of the molecule is Cc1ccc([N+]2=CC(C3CC(F)(F)C3)N=N2)cc1[N+](=O)[O-]. The third kappa shape index (κ3) is 2.53. The summed E-state index contributed by atoms with van der Waals surface area (Å²) in [6.45, 7) is 1.65. The third-order valence-electron chi connectivity index (χ3n) is 3.83. The molecule has 1 atom stereocenters. The lowest BCUT2D eigenvalue weighted by Gasteiger charge is -2.33. The molecular weight excluding hydrogens is 282 g/mol. The number of rotatable bonds is 3. The third-order valence-corrected chi connectivity index (χ3v) is 3.83. The van der Waals surface area contributed by atoms with Crippen molar-refractivity contribution in [2.45, 2.75) is 31.7 Å². The highest BCUT2D eigenvalue weighted by atomic mass is 19.3. The molecule has 1 fully saturated rings. The summed E-state index contributed by atoms with van der Waals surface area (Å²) >= 11 is 0. The summed E-state index contributed by atoms with van der Waals surface area (Å²) in [5, 5.41) is 18.8. The Labute approximate surface area is 118 Å². The van der Waals surface area contributed by atoms with E-state index in [9.17, 15) is 18.9 Å². The summed E-state index contributed by atoms with van der Waals surface area (Å²) in [5.41, 5.74) is 1.05. The van der Waals surface area contributed by atoms with E-state index in [0.717, 1.165) is 0 Å². The molecule has 0 bridgehead atoms. The van der Waals surface area contributed by atoms with E-state index in [4.69, 9.17) is 0 Å². The average molecular weight is 295 g/mol. The molecule has 1 aromatic carbocycles. The highest BCUT2D eigenvalue weighted by molar-refractivity contribution is 5.63. The van der Waals surface area contributed by atoms with E-state index in [0.29, 0.717) is 11.3 Å². The largest absolute Gasteiger partial charge is 0.276 e. The first-order valence-corrected chi connectivity index (χ1v) is 6.54. The number of nitro benzene ring substituents is 1. The number of aryl methyl sites for hydroxylation is 1. The van der Waals surface area contributed by atoms with Crippen molar-refractivity contribution >= 4 is 17.6 Å². The molecule has 1 aromatic rings. The van der Waals surface area contributed by atoms with Crippen molar-refractivity contribution in [2.75, 3.05) is 0 Å². The molecule has 110 valence electrons. The van der Waals surface area contributed by atoms with Crippen LogP contribution in [0.5, 0.6) is 0 Å². The Balaban J connectivity index is 1.81. The minimum absolute atomic E-state index is 0.00488. The van der Waals surface area contributed by atoms with Gasteiger partial charge >= 0.3 is 0 Å². The number of nitro groups is 1. The second-order valence-corrected chi connectivity index (χ2v) is 5.44. The monoisotopic (exact) mass is 295 g/mol. The zero-order valence-corrected chi connectivity index (χ0v) is 11.2. The minimum Gasteiger partial charge on any atom is -0.258 e. The van der Waals surface area contributed by atoms with Crippen LogP contribution < -0.4 is 0 Å². The van der Waals surface area contributed by atoms with Gasteiger partial charge in [-0.05, 0) is 19.1 Å². The van der Waals surface area contributed by atoms with Gasteiger partial charge in [0.2, 0.25) is 12.0 Å². The van der Waals surface area contributed by atoms with E-state index in [2.05, 4.69) is 10.3 Å². The second-order valence-electron chi connectivity index (χ2n) is 5.44. The van der Waals surface area contributed by atoms with Crippen LogP contribution in [-0.4, -0.2) is 27.8 Å². The maximum absolute atomic E-state index is 12.9. The Morgan fingerprint density at radius 3 is 2.76 bits per heavy atom. The van der Waals surface area contributed by atoms with E-state index >= 15 is 0 Å². The molecule has 1 aliphatic carbocycles. The predicted molar refractivity (Wildman–Crippen MR) is 70.1 cm³/mol. The fraction of sp³-hybridized carbons (Fsp3) is 0.462. The first-order valence-electron chi connectivity index (χ1n) is 6.54. The molecule has 1 heterocycles. The molecule has 0 aromatic heterocycles. The van der Waals surface area contributed by atoms with Gasteiger partial charge in [0.25, 0.3) is 5.69 Å². The van der Waals surface area contributed by atoms with Crippen molar-refractivity contribution in [3.63, 3.8) is 0 Å². The van der Waals surface area contributed by atoms with Crippen LogP contribution in [0.15, 0.2) is 28.5 Å². The molecule has 8 heteroatoms. The van der Waals surface area contributed by atoms with Gasteiger partial charge in [0.05, 0.1) is 11.0 Å². The van der Waals surface area contributed by atoms with Crippen molar-refractivity contribution < 1.29 is 18.4 Å². The topological polar surface area (TPSA) is 70.9 Å². The van der Waals surface area contributed by atoms with E-state index in [-0.39, 0.29) is 30.5 Å². The standard InChI is InChI=1S/C13H13F2N4O2/c1-8-2-3-10(4-12(8)19(20)21)18-7-11(16-17-18)9-5-13(14,15)6-9/h2-4,7,9,11H,5-6H2,1H3/q+1. The summed E-state index contributed by atoms with van der Waals surface area (Å²) in [6.07, 6.45) is 1.26. The Kier molecular flexibility index (Phi) is 3.03. The summed E-state index contributed by atoms with van der Waals surface area (Å²) in [6, 6.07) is 4.34. The number of nitrogens with zero attached hydrogens (tertiary/aromatic N) is 4. The fourth-order valence-corrected chi connectivity index (χ4v) is 2.56. The smallest absolute Gasteiger partial charge is 0.258 e. The normalized spacial score (nSPS) is 23.8. The van der Waals surface area contributed by atoms with Crippen LogP contribution in [-0.2, 0) is 0 Å². The molecule has 21 heavy (non-hydrogen) atoms. The molecule has 0 spiro atoms. The van der Waals surface area contributed by atoms with Gasteiger partial charge < -0.3 is 0 Å². The van der Waals surface area contributed by atoms with Crippen molar-refractivity contribution in [2.24, 2.45) is 16.3 Å². The zero-order valence-electron chi connectivity index (χ0n) is 11.2. The first kappa shape index (κ1) is 13.7. The fourth-order valence-electron chi connectivity index (χ4n) is 2.56. The Morgan fingerprint density at radius 2 is 2.14 bits per heavy atom. The lowest BCUT2D eigenvalue weighted by molar-refractivity contribution is -0.445.